The molecule has 2 atom stereocenters. The van der Waals surface area contributed by atoms with Gasteiger partial charge in [-0.1, -0.05) is 5.16 Å². The number of carbonyl (C=O) groups is 2. The second-order valence-electron chi connectivity index (χ2n) is 7.70. The lowest BCUT2D eigenvalue weighted by Gasteiger charge is -2.17. The van der Waals surface area contributed by atoms with Crippen LogP contribution in [0.3, 0.4) is 0 Å². The van der Waals surface area contributed by atoms with E-state index in [0.29, 0.717) is 37.0 Å². The van der Waals surface area contributed by atoms with Crippen LogP contribution in [0.15, 0.2) is 41.2 Å². The summed E-state index contributed by atoms with van der Waals surface area (Å²) < 4.78 is 18.0. The van der Waals surface area contributed by atoms with Crippen LogP contribution >= 0.6 is 63.7 Å². The maximum atomic E-state index is 12.5. The minimum atomic E-state index is -1.10. The van der Waals surface area contributed by atoms with E-state index in [0.717, 1.165) is 5.56 Å². The summed E-state index contributed by atoms with van der Waals surface area (Å²) in [6.45, 7) is -0.0134. The van der Waals surface area contributed by atoms with Crippen molar-refractivity contribution in [1.82, 2.24) is 10.6 Å². The highest BCUT2D eigenvalue weighted by atomic mass is 79.9. The first-order valence-corrected chi connectivity index (χ1v) is 13.7. The molecule has 1 heterocycles. The lowest BCUT2D eigenvalue weighted by molar-refractivity contribution is -0.115. The number of aliphatic hydroxyl groups is 1. The number of benzene rings is 2. The van der Waals surface area contributed by atoms with Crippen LogP contribution in [0.25, 0.3) is 0 Å². The number of aromatic hydroxyl groups is 1. The summed E-state index contributed by atoms with van der Waals surface area (Å²) >= 11 is 13.4. The topological polar surface area (TPSA) is 159 Å². The van der Waals surface area contributed by atoms with Gasteiger partial charge in [0.25, 0.3) is 5.91 Å². The molecule has 5 N–H and O–H groups in total. The molecule has 0 bridgehead atoms. The van der Waals surface area contributed by atoms with E-state index in [4.69, 9.17) is 14.2 Å². The second kappa shape index (κ2) is 13.1. The first kappa shape index (κ1) is 29.5. The summed E-state index contributed by atoms with van der Waals surface area (Å²) in [6.07, 6.45) is -2.21. The number of amides is 2. The van der Waals surface area contributed by atoms with Crippen molar-refractivity contribution in [3.05, 3.63) is 47.2 Å². The van der Waals surface area contributed by atoms with Crippen LogP contribution in [-0.4, -0.2) is 66.0 Å². The molecule has 1 aliphatic heterocycles. The van der Waals surface area contributed by atoms with E-state index in [2.05, 4.69) is 79.5 Å². The fourth-order valence-corrected chi connectivity index (χ4v) is 6.32. The molecule has 2 aromatic rings. The van der Waals surface area contributed by atoms with E-state index in [9.17, 15) is 25.0 Å². The number of halogens is 4. The first-order chi connectivity index (χ1) is 17.5. The fourth-order valence-electron chi connectivity index (χ4n) is 3.33. The average Bonchev–Trinajstić information content (AvgIpc) is 3.29. The Morgan fingerprint density at radius 1 is 1.22 bits per heavy atom. The Morgan fingerprint density at radius 2 is 1.86 bits per heavy atom. The zero-order chi connectivity index (χ0) is 27.3. The molecule has 0 aliphatic carbocycles. The highest BCUT2D eigenvalue weighted by Gasteiger charge is 2.26. The zero-order valence-electron chi connectivity index (χ0n) is 19.1. The zero-order valence-corrected chi connectivity index (χ0v) is 25.4. The largest absolute Gasteiger partial charge is 0.506 e. The summed E-state index contributed by atoms with van der Waals surface area (Å²) in [5.41, 5.74) is 0.762. The number of nitrogens with zero attached hydrogens (tertiary/aromatic N) is 1. The number of rotatable bonds is 10. The van der Waals surface area contributed by atoms with Crippen molar-refractivity contribution in [2.45, 2.75) is 18.6 Å². The van der Waals surface area contributed by atoms with Gasteiger partial charge in [-0.3, -0.25) is 4.79 Å². The summed E-state index contributed by atoms with van der Waals surface area (Å²) in [6, 6.07) is 5.03. The third-order valence-electron chi connectivity index (χ3n) is 5.17. The van der Waals surface area contributed by atoms with Crippen LogP contribution in [-0.2, 0) is 16.0 Å². The van der Waals surface area contributed by atoms with E-state index in [-0.39, 0.29) is 35.5 Å². The summed E-state index contributed by atoms with van der Waals surface area (Å²) in [4.78, 5) is 23.8. The van der Waals surface area contributed by atoms with Gasteiger partial charge in [-0.25, -0.2) is 4.79 Å². The van der Waals surface area contributed by atoms with Crippen LogP contribution in [0, 0.1) is 0 Å². The predicted molar refractivity (Wildman–Crippen MR) is 147 cm³/mol. The number of phenols is 1. The lowest BCUT2D eigenvalue weighted by Crippen LogP contribution is -2.39. The number of phenolic OH excluding ortho intramolecular Hbond substituents is 1. The van der Waals surface area contributed by atoms with Crippen molar-refractivity contribution in [3.63, 3.8) is 0 Å². The Balaban J connectivity index is 1.56. The molecule has 37 heavy (non-hydrogen) atoms. The van der Waals surface area contributed by atoms with E-state index in [1.807, 2.05) is 0 Å². The van der Waals surface area contributed by atoms with E-state index < -0.39 is 24.2 Å². The van der Waals surface area contributed by atoms with Gasteiger partial charge in [0.1, 0.15) is 40.5 Å². The van der Waals surface area contributed by atoms with Gasteiger partial charge in [0.05, 0.1) is 27.1 Å². The number of methoxy groups -OCH3 is 1. The third kappa shape index (κ3) is 7.28. The molecule has 1 fully saturated rings. The summed E-state index contributed by atoms with van der Waals surface area (Å²) in [5.74, 6) is -0.138. The Hall–Kier alpha value is -2.07. The van der Waals surface area contributed by atoms with Crippen molar-refractivity contribution >= 4 is 81.4 Å². The summed E-state index contributed by atoms with van der Waals surface area (Å²) in [5, 5.41) is 38.1. The third-order valence-corrected chi connectivity index (χ3v) is 7.67. The highest BCUT2D eigenvalue weighted by Crippen LogP contribution is 2.42. The number of hydrogen-bond acceptors (Lipinski definition) is 9. The van der Waals surface area contributed by atoms with Gasteiger partial charge in [0.2, 0.25) is 0 Å². The fraction of sp³-hybridized carbons (Fsp3) is 0.318. The van der Waals surface area contributed by atoms with Crippen molar-refractivity contribution in [1.29, 1.82) is 0 Å². The molecule has 2 aromatic carbocycles. The van der Waals surface area contributed by atoms with E-state index in [1.54, 1.807) is 12.1 Å². The number of alkyl carbamates (subject to hydrolysis) is 1. The number of cyclic esters (lactones) is 1. The number of carbonyl (C=O) groups excluding carboxylic acids is 2. The van der Waals surface area contributed by atoms with Gasteiger partial charge in [-0.15, -0.1) is 0 Å². The van der Waals surface area contributed by atoms with Crippen LogP contribution in [0.2, 0.25) is 0 Å². The number of hydrogen-bond donors (Lipinski definition) is 5. The minimum Gasteiger partial charge on any atom is -0.506 e. The van der Waals surface area contributed by atoms with Gasteiger partial charge < -0.3 is 40.3 Å². The molecule has 0 aromatic heterocycles. The molecular formula is C22H21Br4N3O8. The molecule has 1 aliphatic rings. The predicted octanol–water partition coefficient (Wildman–Crippen LogP) is 4.16. The van der Waals surface area contributed by atoms with E-state index in [1.165, 1.54) is 13.2 Å². The molecule has 3 rings (SSSR count). The van der Waals surface area contributed by atoms with Gasteiger partial charge in [0, 0.05) is 18.5 Å². The first-order valence-electron chi connectivity index (χ1n) is 10.5. The quantitative estimate of drug-likeness (QED) is 0.137. The Morgan fingerprint density at radius 3 is 2.43 bits per heavy atom. The maximum Gasteiger partial charge on any atom is 0.407 e. The Bertz CT molecular complexity index is 1200. The Kier molecular flexibility index (Phi) is 10.5. The highest BCUT2D eigenvalue weighted by molar-refractivity contribution is 9.11. The van der Waals surface area contributed by atoms with Crippen molar-refractivity contribution in [2.24, 2.45) is 5.16 Å². The van der Waals surface area contributed by atoms with Gasteiger partial charge >= 0.3 is 6.09 Å². The molecule has 0 saturated carbocycles. The standard InChI is InChI=1S/C22H21Br4N3O8/c1-35-20-14(25)4-10(18(31)17(20)26)5-15(29-34)21(32)27-6-11(30)8-36-19-12(23)2-9(3-13(19)24)16-7-28-22(33)37-16/h2-4,11,16,30-31,34H,5-8H2,1H3,(H,27,32)(H,28,33)/b29-15-/t11-,16-/m1/s1. The molecule has 11 nitrogen and oxygen atoms in total. The van der Waals surface area contributed by atoms with Crippen molar-refractivity contribution in [2.75, 3.05) is 26.8 Å². The van der Waals surface area contributed by atoms with Crippen LogP contribution in [0.1, 0.15) is 17.2 Å². The van der Waals surface area contributed by atoms with Gasteiger partial charge in [-0.05, 0) is 87.5 Å². The van der Waals surface area contributed by atoms with Crippen LogP contribution in [0.5, 0.6) is 17.2 Å². The van der Waals surface area contributed by atoms with E-state index >= 15 is 0 Å². The maximum absolute atomic E-state index is 12.5. The number of ether oxygens (including phenoxy) is 3. The number of aliphatic hydroxyl groups excluding tert-OH is 1. The van der Waals surface area contributed by atoms with Gasteiger partial charge in [-0.2, -0.15) is 0 Å². The Labute approximate surface area is 245 Å². The number of nitrogens with one attached hydrogen (secondary N) is 2. The number of oxime groups is 1. The molecule has 0 spiro atoms. The molecule has 200 valence electrons. The molecular weight excluding hydrogens is 754 g/mol. The minimum absolute atomic E-state index is 0.165. The average molecular weight is 775 g/mol. The molecule has 0 radical (unpaired) electrons. The van der Waals surface area contributed by atoms with Crippen LogP contribution in [0.4, 0.5) is 4.79 Å². The molecule has 15 heteroatoms. The molecule has 2 amide bonds. The van der Waals surface area contributed by atoms with Crippen molar-refractivity contribution in [3.8, 4) is 17.2 Å². The SMILES string of the molecule is COc1c(Br)cc(C/C(=N/O)C(=O)NC[C@@H](O)COc2c(Br)cc([C@H]3CNC(=O)O3)cc2Br)c(O)c1Br. The normalized spacial score (nSPS) is 16.1. The second-order valence-corrected chi connectivity index (χ2v) is 11.1. The smallest absolute Gasteiger partial charge is 0.407 e. The van der Waals surface area contributed by atoms with Crippen molar-refractivity contribution < 1.29 is 39.2 Å². The monoisotopic (exact) mass is 771 g/mol. The van der Waals surface area contributed by atoms with Gasteiger partial charge in [0.15, 0.2) is 5.75 Å². The summed E-state index contributed by atoms with van der Waals surface area (Å²) in [7, 11) is 1.44. The molecule has 1 saturated heterocycles. The molecule has 0 unspecified atom stereocenters. The lowest BCUT2D eigenvalue weighted by atomic mass is 10.1. The van der Waals surface area contributed by atoms with Crippen LogP contribution < -0.4 is 20.1 Å².